The number of nitrogens with zero attached hydrogens (tertiary/aromatic N) is 6. The first-order valence-corrected chi connectivity index (χ1v) is 11.0. The van der Waals surface area contributed by atoms with Crippen molar-refractivity contribution in [2.45, 2.75) is 39.5 Å². The Bertz CT molecular complexity index is 1440. The number of rotatable bonds is 3. The molecule has 1 aliphatic heterocycles. The zero-order valence-electron chi connectivity index (χ0n) is 19.0. The van der Waals surface area contributed by atoms with Gasteiger partial charge in [-0.1, -0.05) is 0 Å². The molecule has 0 saturated carbocycles. The van der Waals surface area contributed by atoms with Gasteiger partial charge in [-0.05, 0) is 51.5 Å². The second-order valence-corrected chi connectivity index (χ2v) is 8.52. The number of amides is 1. The molecule has 4 aromatic rings. The lowest BCUT2D eigenvalue weighted by molar-refractivity contribution is -0.119. The fourth-order valence-corrected chi connectivity index (χ4v) is 4.19. The monoisotopic (exact) mass is 460 g/mol. The summed E-state index contributed by atoms with van der Waals surface area (Å²) in [6.45, 7) is 5.88. The van der Waals surface area contributed by atoms with Crippen LogP contribution in [0, 0.1) is 32.4 Å². The van der Waals surface area contributed by atoms with E-state index in [-0.39, 0.29) is 23.1 Å². The van der Waals surface area contributed by atoms with Crippen LogP contribution >= 0.6 is 0 Å². The Labute approximate surface area is 194 Å². The van der Waals surface area contributed by atoms with Gasteiger partial charge in [0.1, 0.15) is 28.7 Å². The number of benzene rings is 1. The summed E-state index contributed by atoms with van der Waals surface area (Å²) in [6, 6.07) is 7.02. The Kier molecular flexibility index (Phi) is 5.47. The fourth-order valence-electron chi connectivity index (χ4n) is 4.19. The van der Waals surface area contributed by atoms with Gasteiger partial charge in [-0.3, -0.25) is 9.78 Å². The molecule has 1 saturated heterocycles. The molecule has 9 heteroatoms. The molecule has 1 aliphatic rings. The van der Waals surface area contributed by atoms with Crippen LogP contribution in [0.2, 0.25) is 0 Å². The Morgan fingerprint density at radius 3 is 2.53 bits per heavy atom. The molecule has 1 unspecified atom stereocenters. The number of aryl methyl sites for hydroxylation is 3. The van der Waals surface area contributed by atoms with Crippen LogP contribution in [0.1, 0.15) is 41.7 Å². The number of anilines is 1. The molecule has 4 heterocycles. The number of piperidine rings is 1. The van der Waals surface area contributed by atoms with E-state index in [0.717, 1.165) is 17.4 Å². The lowest BCUT2D eigenvalue weighted by Crippen LogP contribution is -2.39. The standard InChI is InChI=1S/C25H22F2N6O/c1-13-10-18(8-9-28-13)33-12-16(4-7-21(33)34)24-31-22(19-6-5-17(26)11-20(19)27)23-25(32-24)30-15(3)14(2)29-23/h5-6,8-11,16H,4,7,12H2,1-3H3. The minimum Gasteiger partial charge on any atom is -0.312 e. The van der Waals surface area contributed by atoms with Gasteiger partial charge in [0, 0.05) is 48.1 Å². The summed E-state index contributed by atoms with van der Waals surface area (Å²) in [5.41, 5.74) is 4.03. The van der Waals surface area contributed by atoms with Crippen molar-refractivity contribution < 1.29 is 13.6 Å². The summed E-state index contributed by atoms with van der Waals surface area (Å²) in [5, 5.41) is 0. The molecule has 1 fully saturated rings. The third-order valence-electron chi connectivity index (χ3n) is 6.11. The predicted octanol–water partition coefficient (Wildman–Crippen LogP) is 4.60. The fraction of sp³-hybridized carbons (Fsp3) is 0.280. The number of carbonyl (C=O) groups is 1. The summed E-state index contributed by atoms with van der Waals surface area (Å²) in [5.74, 6) is -1.14. The second kappa shape index (κ2) is 8.48. The van der Waals surface area contributed by atoms with Crippen LogP contribution in [0.3, 0.4) is 0 Å². The maximum Gasteiger partial charge on any atom is 0.227 e. The van der Waals surface area contributed by atoms with Crippen molar-refractivity contribution in [3.8, 4) is 11.3 Å². The highest BCUT2D eigenvalue weighted by atomic mass is 19.1. The van der Waals surface area contributed by atoms with E-state index in [0.29, 0.717) is 47.8 Å². The number of fused-ring (bicyclic) bond motifs is 1. The van der Waals surface area contributed by atoms with Crippen molar-refractivity contribution >= 4 is 22.8 Å². The van der Waals surface area contributed by atoms with Crippen LogP contribution in [0.5, 0.6) is 0 Å². The van der Waals surface area contributed by atoms with Crippen LogP contribution < -0.4 is 4.90 Å². The predicted molar refractivity (Wildman–Crippen MR) is 123 cm³/mol. The van der Waals surface area contributed by atoms with Gasteiger partial charge < -0.3 is 4.90 Å². The Hall–Kier alpha value is -3.88. The summed E-state index contributed by atoms with van der Waals surface area (Å²) in [6.07, 6.45) is 2.55. The average Bonchev–Trinajstić information content (AvgIpc) is 2.80. The van der Waals surface area contributed by atoms with Crippen LogP contribution in [-0.4, -0.2) is 37.4 Å². The van der Waals surface area contributed by atoms with Crippen LogP contribution in [-0.2, 0) is 4.79 Å². The van der Waals surface area contributed by atoms with E-state index < -0.39 is 11.6 Å². The van der Waals surface area contributed by atoms with Gasteiger partial charge in [0.15, 0.2) is 5.65 Å². The molecule has 0 aliphatic carbocycles. The SMILES string of the molecule is Cc1cc(N2CC(c3nc(-c4ccc(F)cc4F)c4nc(C)c(C)nc4n3)CCC2=O)ccn1. The molecule has 1 atom stereocenters. The molecule has 1 aromatic carbocycles. The molecule has 5 rings (SSSR count). The maximum absolute atomic E-state index is 14.8. The van der Waals surface area contributed by atoms with Gasteiger partial charge in [0.05, 0.1) is 11.4 Å². The molecule has 3 aromatic heterocycles. The van der Waals surface area contributed by atoms with Gasteiger partial charge in [0.25, 0.3) is 0 Å². The normalized spacial score (nSPS) is 16.3. The van der Waals surface area contributed by atoms with Crippen molar-refractivity contribution in [3.63, 3.8) is 0 Å². The third-order valence-corrected chi connectivity index (χ3v) is 6.11. The molecule has 172 valence electrons. The highest BCUT2D eigenvalue weighted by molar-refractivity contribution is 5.94. The minimum absolute atomic E-state index is 0.0127. The Morgan fingerprint density at radius 2 is 1.76 bits per heavy atom. The van der Waals surface area contributed by atoms with Crippen LogP contribution in [0.4, 0.5) is 14.5 Å². The first-order valence-electron chi connectivity index (χ1n) is 11.0. The number of hydrogen-bond donors (Lipinski definition) is 0. The summed E-state index contributed by atoms with van der Waals surface area (Å²) in [4.78, 5) is 37.1. The summed E-state index contributed by atoms with van der Waals surface area (Å²) < 4.78 is 28.4. The van der Waals surface area contributed by atoms with Crippen molar-refractivity contribution in [2.24, 2.45) is 0 Å². The molecule has 0 radical (unpaired) electrons. The number of carbonyl (C=O) groups excluding carboxylic acids is 1. The van der Waals surface area contributed by atoms with E-state index in [9.17, 15) is 13.6 Å². The largest absolute Gasteiger partial charge is 0.312 e. The lowest BCUT2D eigenvalue weighted by atomic mass is 9.95. The van der Waals surface area contributed by atoms with E-state index in [4.69, 9.17) is 4.98 Å². The second-order valence-electron chi connectivity index (χ2n) is 8.52. The summed E-state index contributed by atoms with van der Waals surface area (Å²) >= 11 is 0. The molecule has 1 amide bonds. The molecule has 0 spiro atoms. The Morgan fingerprint density at radius 1 is 0.971 bits per heavy atom. The number of pyridine rings is 1. The number of hydrogen-bond acceptors (Lipinski definition) is 6. The van der Waals surface area contributed by atoms with Crippen LogP contribution in [0.25, 0.3) is 22.4 Å². The highest BCUT2D eigenvalue weighted by Crippen LogP contribution is 2.33. The van der Waals surface area contributed by atoms with Crippen LogP contribution in [0.15, 0.2) is 36.5 Å². The molecular weight excluding hydrogens is 438 g/mol. The van der Waals surface area contributed by atoms with Crippen molar-refractivity contribution in [2.75, 3.05) is 11.4 Å². The van der Waals surface area contributed by atoms with Gasteiger partial charge in [-0.25, -0.2) is 28.7 Å². The van der Waals surface area contributed by atoms with Crippen molar-refractivity contribution in [1.29, 1.82) is 0 Å². The topological polar surface area (TPSA) is 84.8 Å². The first kappa shape index (κ1) is 21.9. The molecule has 0 N–H and O–H groups in total. The van der Waals surface area contributed by atoms with E-state index in [2.05, 4.69) is 19.9 Å². The average molecular weight is 460 g/mol. The third kappa shape index (κ3) is 3.98. The van der Waals surface area contributed by atoms with Gasteiger partial charge >= 0.3 is 0 Å². The summed E-state index contributed by atoms with van der Waals surface area (Å²) in [7, 11) is 0. The number of halogens is 2. The molecule has 34 heavy (non-hydrogen) atoms. The molecule has 7 nitrogen and oxygen atoms in total. The van der Waals surface area contributed by atoms with Gasteiger partial charge in [-0.15, -0.1) is 0 Å². The van der Waals surface area contributed by atoms with Gasteiger partial charge in [-0.2, -0.15) is 0 Å². The van der Waals surface area contributed by atoms with E-state index >= 15 is 0 Å². The molecule has 0 bridgehead atoms. The maximum atomic E-state index is 14.8. The van der Waals surface area contributed by atoms with E-state index in [1.807, 2.05) is 26.8 Å². The minimum atomic E-state index is -0.737. The zero-order valence-corrected chi connectivity index (χ0v) is 19.0. The van der Waals surface area contributed by atoms with E-state index in [1.165, 1.54) is 12.1 Å². The molecular formula is C25H22F2N6O. The Balaban J connectivity index is 1.63. The first-order chi connectivity index (χ1) is 16.3. The quantitative estimate of drug-likeness (QED) is 0.444. The van der Waals surface area contributed by atoms with Crippen molar-refractivity contribution in [3.05, 3.63) is 71.1 Å². The smallest absolute Gasteiger partial charge is 0.227 e. The lowest BCUT2D eigenvalue weighted by Gasteiger charge is -2.32. The zero-order chi connectivity index (χ0) is 24.0. The van der Waals surface area contributed by atoms with Gasteiger partial charge in [0.2, 0.25) is 5.91 Å². The number of aromatic nitrogens is 5. The highest BCUT2D eigenvalue weighted by Gasteiger charge is 2.31. The van der Waals surface area contributed by atoms with E-state index in [1.54, 1.807) is 17.2 Å². The van der Waals surface area contributed by atoms with Crippen molar-refractivity contribution in [1.82, 2.24) is 24.9 Å².